The molecule has 0 aliphatic carbocycles. The number of nitrogens with zero attached hydrogens (tertiary/aromatic N) is 2. The van der Waals surface area contributed by atoms with E-state index in [4.69, 9.17) is 55.9 Å². The third kappa shape index (κ3) is 6.33. The van der Waals surface area contributed by atoms with E-state index in [0.717, 1.165) is 5.56 Å². The Morgan fingerprint density at radius 1 is 1.13 bits per heavy atom. The summed E-state index contributed by atoms with van der Waals surface area (Å²) in [5.74, 6) is -2.08. The summed E-state index contributed by atoms with van der Waals surface area (Å²) >= 11 is 24.9. The fraction of sp³-hybridized carbons (Fsp3) is 0.333. The molecule has 1 unspecified atom stereocenters. The van der Waals surface area contributed by atoms with Crippen LogP contribution >= 0.6 is 46.4 Å². The first-order chi connectivity index (χ1) is 18.1. The maximum atomic E-state index is 13.2. The van der Waals surface area contributed by atoms with Crippen molar-refractivity contribution >= 4 is 64.1 Å². The van der Waals surface area contributed by atoms with Crippen LogP contribution < -0.4 is 16.0 Å². The number of halogens is 4. The van der Waals surface area contributed by atoms with E-state index < -0.39 is 30.4 Å². The molecule has 0 saturated carbocycles. The molecule has 1 aliphatic heterocycles. The third-order valence-corrected chi connectivity index (χ3v) is 7.55. The number of rotatable bonds is 7. The van der Waals surface area contributed by atoms with Crippen LogP contribution in [0.3, 0.4) is 0 Å². The maximum Gasteiger partial charge on any atom is 0.287 e. The van der Waals surface area contributed by atoms with E-state index >= 15 is 0 Å². The van der Waals surface area contributed by atoms with Gasteiger partial charge in [-0.25, -0.2) is 0 Å². The highest BCUT2D eigenvalue weighted by atomic mass is 35.5. The van der Waals surface area contributed by atoms with Crippen molar-refractivity contribution in [2.45, 2.75) is 30.8 Å². The van der Waals surface area contributed by atoms with Crippen molar-refractivity contribution in [1.29, 1.82) is 0 Å². The Balaban J connectivity index is 1.54. The number of aliphatic hydroxyl groups excluding tert-OH is 1. The molecule has 202 valence electrons. The summed E-state index contributed by atoms with van der Waals surface area (Å²) in [4.78, 5) is 36.8. The van der Waals surface area contributed by atoms with Gasteiger partial charge in [0.15, 0.2) is 5.76 Å². The van der Waals surface area contributed by atoms with Gasteiger partial charge in [-0.2, -0.15) is 5.10 Å². The number of nitrogens with one attached hydrogen (secondary N) is 3. The highest BCUT2D eigenvalue weighted by molar-refractivity contribution is 6.42. The SMILES string of the molecule is Cn1ncc(Cl)c1-c1cc(C(=O)N[C@@H]2CNC(CC(=O)NC(=O)CO)C[C@H]2c2ccc(Cl)c(Cl)c2)oc1Cl. The smallest absolute Gasteiger partial charge is 0.287 e. The molecule has 1 saturated heterocycles. The summed E-state index contributed by atoms with van der Waals surface area (Å²) in [6.45, 7) is -0.480. The van der Waals surface area contributed by atoms with Crippen LogP contribution in [0.25, 0.3) is 11.3 Å². The minimum Gasteiger partial charge on any atom is -0.439 e. The van der Waals surface area contributed by atoms with Gasteiger partial charge in [-0.15, -0.1) is 0 Å². The van der Waals surface area contributed by atoms with E-state index in [0.29, 0.717) is 39.3 Å². The van der Waals surface area contributed by atoms with E-state index in [1.165, 1.54) is 16.9 Å². The molecule has 0 spiro atoms. The molecular weight excluding hydrogens is 580 g/mol. The lowest BCUT2D eigenvalue weighted by atomic mass is 9.81. The van der Waals surface area contributed by atoms with Gasteiger partial charge in [0.2, 0.25) is 11.1 Å². The van der Waals surface area contributed by atoms with Gasteiger partial charge >= 0.3 is 0 Å². The number of carbonyl (C=O) groups excluding carboxylic acids is 3. The first kappa shape index (κ1) is 28.4. The van der Waals surface area contributed by atoms with E-state index in [1.54, 1.807) is 19.2 Å². The molecular formula is C24H23Cl4N5O5. The van der Waals surface area contributed by atoms with Crippen LogP contribution in [0.1, 0.15) is 34.9 Å². The Morgan fingerprint density at radius 3 is 2.55 bits per heavy atom. The number of aliphatic hydroxyl groups is 1. The van der Waals surface area contributed by atoms with E-state index in [1.807, 2.05) is 6.07 Å². The number of amides is 3. The lowest BCUT2D eigenvalue weighted by Gasteiger charge is -2.37. The highest BCUT2D eigenvalue weighted by Gasteiger charge is 2.34. The minimum absolute atomic E-state index is 0.00710. The van der Waals surface area contributed by atoms with Crippen molar-refractivity contribution in [3.63, 3.8) is 0 Å². The zero-order valence-corrected chi connectivity index (χ0v) is 23.0. The van der Waals surface area contributed by atoms with Crippen molar-refractivity contribution in [1.82, 2.24) is 25.7 Å². The highest BCUT2D eigenvalue weighted by Crippen LogP contribution is 2.36. The molecule has 1 aromatic carbocycles. The summed E-state index contributed by atoms with van der Waals surface area (Å²) in [5.41, 5.74) is 1.74. The number of benzene rings is 1. The quantitative estimate of drug-likeness (QED) is 0.324. The van der Waals surface area contributed by atoms with E-state index in [2.05, 4.69) is 21.0 Å². The molecule has 3 amide bonds. The molecule has 3 heterocycles. The number of furan rings is 1. The number of hydrogen-bond acceptors (Lipinski definition) is 7. The molecule has 14 heteroatoms. The van der Waals surface area contributed by atoms with Crippen LogP contribution in [0, 0.1) is 0 Å². The Labute approximate surface area is 237 Å². The van der Waals surface area contributed by atoms with Crippen molar-refractivity contribution in [3.8, 4) is 11.3 Å². The predicted octanol–water partition coefficient (Wildman–Crippen LogP) is 3.56. The molecule has 38 heavy (non-hydrogen) atoms. The molecule has 0 radical (unpaired) electrons. The fourth-order valence-electron chi connectivity index (χ4n) is 4.47. The molecule has 0 bridgehead atoms. The first-order valence-electron chi connectivity index (χ1n) is 11.5. The van der Waals surface area contributed by atoms with Crippen LogP contribution in [0.2, 0.25) is 20.3 Å². The van der Waals surface area contributed by atoms with Crippen LogP contribution in [0.15, 0.2) is 34.9 Å². The summed E-state index contributed by atoms with van der Waals surface area (Å²) < 4.78 is 7.06. The summed E-state index contributed by atoms with van der Waals surface area (Å²) in [5, 5.41) is 22.4. The summed E-state index contributed by atoms with van der Waals surface area (Å²) in [6.07, 6.45) is 1.89. The number of carbonyl (C=O) groups is 3. The molecule has 1 fully saturated rings. The van der Waals surface area contributed by atoms with Crippen LogP contribution in [-0.4, -0.2) is 57.8 Å². The van der Waals surface area contributed by atoms with Gasteiger partial charge < -0.3 is 20.2 Å². The largest absolute Gasteiger partial charge is 0.439 e. The van der Waals surface area contributed by atoms with Crippen LogP contribution in [0.4, 0.5) is 0 Å². The second-order valence-corrected chi connectivity index (χ2v) is 10.4. The van der Waals surface area contributed by atoms with Crippen LogP contribution in [-0.2, 0) is 16.6 Å². The molecule has 3 atom stereocenters. The average Bonchev–Trinajstić information content (AvgIpc) is 3.42. The molecule has 10 nitrogen and oxygen atoms in total. The molecule has 3 aromatic rings. The van der Waals surface area contributed by atoms with E-state index in [-0.39, 0.29) is 29.4 Å². The maximum absolute atomic E-state index is 13.2. The monoisotopic (exact) mass is 601 g/mol. The molecule has 2 aromatic heterocycles. The number of hydrogen-bond donors (Lipinski definition) is 4. The Morgan fingerprint density at radius 2 is 1.89 bits per heavy atom. The topological polar surface area (TPSA) is 138 Å². The number of aromatic nitrogens is 2. The van der Waals surface area contributed by atoms with Gasteiger partial charge in [-0.3, -0.25) is 24.4 Å². The first-order valence-corrected chi connectivity index (χ1v) is 13.0. The average molecular weight is 603 g/mol. The van der Waals surface area contributed by atoms with Gasteiger partial charge in [-0.1, -0.05) is 40.9 Å². The Hall–Kier alpha value is -2.60. The molecule has 1 aliphatic rings. The minimum atomic E-state index is -0.783. The summed E-state index contributed by atoms with van der Waals surface area (Å²) in [6, 6.07) is 5.95. The van der Waals surface area contributed by atoms with Gasteiger partial charge in [0, 0.05) is 44.1 Å². The molecule has 4 N–H and O–H groups in total. The normalized spacial score (nSPS) is 19.3. The van der Waals surface area contributed by atoms with Crippen molar-refractivity contribution in [3.05, 3.63) is 62.1 Å². The zero-order chi connectivity index (χ0) is 27.6. The second-order valence-electron chi connectivity index (χ2n) is 8.80. The lowest BCUT2D eigenvalue weighted by molar-refractivity contribution is -0.132. The number of imide groups is 1. The van der Waals surface area contributed by atoms with Gasteiger partial charge in [0.05, 0.1) is 32.5 Å². The predicted molar refractivity (Wildman–Crippen MR) is 143 cm³/mol. The summed E-state index contributed by atoms with van der Waals surface area (Å²) in [7, 11) is 1.69. The third-order valence-electron chi connectivity index (χ3n) is 6.25. The standard InChI is InChI=1S/C24H23Cl4N5O5/c1-33-22(17(27)8-30-33)14-7-19(38-23(14)28)24(37)31-18-9-29-12(6-20(35)32-21(36)10-34)5-13(18)11-2-3-15(25)16(26)4-11/h2-4,7-8,12-13,18,29,34H,5-6,9-10H2,1H3,(H,31,37)(H,32,35,36)/t12?,13-,18+/m0/s1. The van der Waals surface area contributed by atoms with Gasteiger partial charge in [0.25, 0.3) is 11.8 Å². The van der Waals surface area contributed by atoms with E-state index in [9.17, 15) is 14.4 Å². The van der Waals surface area contributed by atoms with Crippen LogP contribution in [0.5, 0.6) is 0 Å². The lowest BCUT2D eigenvalue weighted by Crippen LogP contribution is -2.54. The Bertz CT molecular complexity index is 1350. The number of aryl methyl sites for hydroxylation is 1. The van der Waals surface area contributed by atoms with Crippen molar-refractivity contribution in [2.24, 2.45) is 7.05 Å². The zero-order valence-electron chi connectivity index (χ0n) is 19.9. The van der Waals surface area contributed by atoms with Crippen molar-refractivity contribution in [2.75, 3.05) is 13.2 Å². The van der Waals surface area contributed by atoms with Gasteiger partial charge in [-0.05, 0) is 35.7 Å². The number of piperidine rings is 1. The van der Waals surface area contributed by atoms with Gasteiger partial charge in [0.1, 0.15) is 6.61 Å². The Kier molecular flexibility index (Phi) is 9.02. The fourth-order valence-corrected chi connectivity index (χ4v) is 5.28. The molecule has 4 rings (SSSR count). The van der Waals surface area contributed by atoms with Crippen molar-refractivity contribution < 1.29 is 23.9 Å². The second kappa shape index (κ2) is 12.1.